The van der Waals surface area contributed by atoms with Crippen LogP contribution in [-0.2, 0) is 14.1 Å². The van der Waals surface area contributed by atoms with Crippen LogP contribution in [0, 0.1) is 26.6 Å². The van der Waals surface area contributed by atoms with E-state index < -0.39 is 11.9 Å². The number of aromatic nitrogens is 8. The lowest BCUT2D eigenvalue weighted by molar-refractivity contribution is 0.0931. The molecule has 3 N–H and O–H groups in total. The van der Waals surface area contributed by atoms with Crippen LogP contribution in [-0.4, -0.2) is 63.6 Å². The van der Waals surface area contributed by atoms with Crippen molar-refractivity contribution in [2.45, 2.75) is 46.6 Å². The molecule has 0 saturated heterocycles. The van der Waals surface area contributed by atoms with Crippen LogP contribution in [0.2, 0.25) is 5.02 Å². The monoisotopic (exact) mass is 1020 g/mol. The molecule has 0 spiro atoms. The van der Waals surface area contributed by atoms with Crippen LogP contribution in [0.25, 0.3) is 11.3 Å². The summed E-state index contributed by atoms with van der Waals surface area (Å²) in [5.41, 5.74) is 4.70. The van der Waals surface area contributed by atoms with Crippen LogP contribution in [0.15, 0.2) is 73.8 Å². The first-order valence-electron chi connectivity index (χ1n) is 16.2. The first-order valence-corrected chi connectivity index (χ1v) is 19.8. The van der Waals surface area contributed by atoms with Crippen LogP contribution >= 0.6 is 75.3 Å². The Bertz CT molecular complexity index is 2060. The third-order valence-corrected chi connectivity index (χ3v) is 10.7. The topological polar surface area (TPSA) is 149 Å². The Balaban J connectivity index is 0.000000283. The number of imidazole rings is 4. The number of hydrogen-bond donors (Lipinski definition) is 3. The fraction of sp³-hybridized carbons (Fsp3) is 0.306. The van der Waals surface area contributed by atoms with Gasteiger partial charge in [0, 0.05) is 61.1 Å². The maximum atomic E-state index is 13.5. The molecule has 0 fully saturated rings. The molecule has 12 nitrogen and oxygen atoms in total. The van der Waals surface area contributed by atoms with Crippen LogP contribution in [0.1, 0.15) is 59.1 Å². The molecule has 4 heterocycles. The third kappa shape index (κ3) is 12.6. The lowest BCUT2D eigenvalue weighted by Gasteiger charge is -2.12. The van der Waals surface area contributed by atoms with Crippen molar-refractivity contribution < 1.29 is 23.8 Å². The summed E-state index contributed by atoms with van der Waals surface area (Å²) < 4.78 is 31.4. The second-order valence-electron chi connectivity index (χ2n) is 11.4. The Kier molecular flexibility index (Phi) is 18.1. The predicted molar refractivity (Wildman–Crippen MR) is 222 cm³/mol. The molecule has 290 valence electrons. The van der Waals surface area contributed by atoms with Gasteiger partial charge in [0.05, 0.1) is 30.8 Å². The summed E-state index contributed by atoms with van der Waals surface area (Å²) in [4.78, 5) is 34.7. The number of aryl methyl sites for hydroxylation is 1. The summed E-state index contributed by atoms with van der Waals surface area (Å²) >= 11 is 18.9. The van der Waals surface area contributed by atoms with E-state index in [9.17, 15) is 14.3 Å². The minimum Gasteiger partial charge on any atom is -0.493 e. The fourth-order valence-electron chi connectivity index (χ4n) is 4.61. The number of carbonyl (C=O) groups excluding carboxylic acids is 1. The standard InChI is InChI=1S/C24H26ClFN2O4.C5H6Br2N2.C4H4Br2N2.C3H4N2/c1-5-32-21-11-7-15(13-22(21)31-4)19(29)9-10-20(30)24-27-23(14(2)28(24)3)16-6-8-18(26)17(25)12-16;1-3-4(6)8-5(7)9(3)2;1-2-3(5)8-4(6)7-2;1-2-5-3-4-1/h6-8,11-13,20,30H,5,9-10H2,1-4H3;1-2H3;1H3,(H,7,8);1-3H,(H,4,5). The molecule has 0 aliphatic carbocycles. The van der Waals surface area contributed by atoms with Crippen molar-refractivity contribution in [3.8, 4) is 22.8 Å². The summed E-state index contributed by atoms with van der Waals surface area (Å²) in [5.74, 6) is 0.856. The van der Waals surface area contributed by atoms with E-state index in [4.69, 9.17) is 21.1 Å². The highest BCUT2D eigenvalue weighted by atomic mass is 79.9. The van der Waals surface area contributed by atoms with E-state index in [0.29, 0.717) is 40.8 Å². The molecule has 18 heteroatoms. The molecule has 0 aliphatic heterocycles. The van der Waals surface area contributed by atoms with E-state index in [1.54, 1.807) is 54.6 Å². The maximum absolute atomic E-state index is 13.5. The van der Waals surface area contributed by atoms with Gasteiger partial charge >= 0.3 is 0 Å². The Morgan fingerprint density at radius 2 is 1.70 bits per heavy atom. The largest absolute Gasteiger partial charge is 0.493 e. The molecule has 6 aromatic rings. The van der Waals surface area contributed by atoms with Gasteiger partial charge in [0.15, 0.2) is 26.7 Å². The van der Waals surface area contributed by atoms with E-state index in [0.717, 1.165) is 35.8 Å². The number of ketones is 1. The van der Waals surface area contributed by atoms with E-state index in [1.807, 2.05) is 39.3 Å². The molecule has 2 aromatic carbocycles. The number of hydrogen-bond acceptors (Lipinski definition) is 8. The number of aliphatic hydroxyl groups excluding tert-OH is 1. The molecule has 1 unspecified atom stereocenters. The Hall–Kier alpha value is -3.35. The lowest BCUT2D eigenvalue weighted by Crippen LogP contribution is -2.09. The highest BCUT2D eigenvalue weighted by Gasteiger charge is 2.21. The number of H-pyrrole nitrogens is 2. The van der Waals surface area contributed by atoms with Gasteiger partial charge in [0.25, 0.3) is 0 Å². The Morgan fingerprint density at radius 3 is 2.15 bits per heavy atom. The van der Waals surface area contributed by atoms with Crippen molar-refractivity contribution in [2.24, 2.45) is 14.1 Å². The molecular formula is C36H40Br4ClFN8O4. The molecule has 6 rings (SSSR count). The van der Waals surface area contributed by atoms with Gasteiger partial charge in [-0.25, -0.2) is 24.3 Å². The number of rotatable bonds is 9. The van der Waals surface area contributed by atoms with Gasteiger partial charge in [0.2, 0.25) is 0 Å². The number of nitrogens with one attached hydrogen (secondary N) is 2. The van der Waals surface area contributed by atoms with Crippen molar-refractivity contribution in [2.75, 3.05) is 13.7 Å². The number of aliphatic hydroxyl groups is 1. The molecule has 0 aliphatic rings. The zero-order valence-corrected chi connectivity index (χ0v) is 37.6. The van der Waals surface area contributed by atoms with E-state index in [-0.39, 0.29) is 23.6 Å². The summed E-state index contributed by atoms with van der Waals surface area (Å²) in [5, 5.41) is 10.7. The first kappa shape index (κ1) is 45.0. The number of ether oxygens (including phenoxy) is 2. The molecule has 4 aromatic heterocycles. The summed E-state index contributed by atoms with van der Waals surface area (Å²) in [6.45, 7) is 8.16. The second kappa shape index (κ2) is 21.7. The average Bonchev–Trinajstić information content (AvgIpc) is 3.94. The number of methoxy groups -OCH3 is 1. The number of halogens is 6. The van der Waals surface area contributed by atoms with Gasteiger partial charge in [-0.3, -0.25) is 4.79 Å². The van der Waals surface area contributed by atoms with Gasteiger partial charge < -0.3 is 33.7 Å². The average molecular weight is 1020 g/mol. The number of benzene rings is 2. The molecule has 1 atom stereocenters. The molecule has 0 saturated carbocycles. The van der Waals surface area contributed by atoms with Crippen LogP contribution in [0.5, 0.6) is 11.5 Å². The molecule has 54 heavy (non-hydrogen) atoms. The molecule has 0 radical (unpaired) electrons. The zero-order valence-electron chi connectivity index (χ0n) is 30.5. The Morgan fingerprint density at radius 1 is 0.981 bits per heavy atom. The zero-order chi connectivity index (χ0) is 40.1. The molecular weight excluding hydrogens is 983 g/mol. The van der Waals surface area contributed by atoms with Crippen molar-refractivity contribution in [1.82, 2.24) is 39.0 Å². The highest BCUT2D eigenvalue weighted by molar-refractivity contribution is 9.11. The summed E-state index contributed by atoms with van der Waals surface area (Å²) in [7, 11) is 5.26. The summed E-state index contributed by atoms with van der Waals surface area (Å²) in [6.07, 6.45) is 4.46. The maximum Gasteiger partial charge on any atom is 0.178 e. The molecule has 0 bridgehead atoms. The van der Waals surface area contributed by atoms with E-state index in [1.165, 1.54) is 19.2 Å². The van der Waals surface area contributed by atoms with Gasteiger partial charge in [-0.2, -0.15) is 0 Å². The lowest BCUT2D eigenvalue weighted by atomic mass is 10.0. The van der Waals surface area contributed by atoms with Crippen molar-refractivity contribution in [3.63, 3.8) is 0 Å². The number of nitrogens with zero attached hydrogens (tertiary/aromatic N) is 6. The third-order valence-electron chi connectivity index (χ3n) is 7.81. The van der Waals surface area contributed by atoms with Crippen molar-refractivity contribution >= 4 is 81.1 Å². The fourth-order valence-corrected chi connectivity index (χ4v) is 6.89. The number of Topliss-reactive ketones (excluding diaryl/α,β-unsaturated/α-hetero) is 1. The van der Waals surface area contributed by atoms with E-state index >= 15 is 0 Å². The van der Waals surface area contributed by atoms with Crippen molar-refractivity contribution in [3.05, 3.63) is 113 Å². The smallest absolute Gasteiger partial charge is 0.178 e. The number of carbonyl (C=O) groups is 1. The van der Waals surface area contributed by atoms with Gasteiger partial charge in [0.1, 0.15) is 27.0 Å². The minimum absolute atomic E-state index is 0.00558. The van der Waals surface area contributed by atoms with Crippen LogP contribution in [0.3, 0.4) is 0 Å². The highest BCUT2D eigenvalue weighted by Crippen LogP contribution is 2.31. The summed E-state index contributed by atoms with van der Waals surface area (Å²) in [6, 6.07) is 9.41. The van der Waals surface area contributed by atoms with Gasteiger partial charge in [-0.05, 0) is 134 Å². The Labute approximate surface area is 351 Å². The van der Waals surface area contributed by atoms with E-state index in [2.05, 4.69) is 93.6 Å². The normalized spacial score (nSPS) is 11.0. The minimum atomic E-state index is -0.947. The van der Waals surface area contributed by atoms with Crippen LogP contribution < -0.4 is 9.47 Å². The second-order valence-corrected chi connectivity index (χ2v) is 14.8. The molecule has 0 amide bonds. The predicted octanol–water partition coefficient (Wildman–Crippen LogP) is 10.2. The first-order chi connectivity index (χ1) is 25.6. The van der Waals surface area contributed by atoms with Crippen molar-refractivity contribution in [1.29, 1.82) is 0 Å². The quantitative estimate of drug-likeness (QED) is 0.121. The number of aromatic amines is 2. The SMILES string of the molecule is CCOc1ccc(C(=O)CCC(O)c2nc(-c3ccc(F)c(Cl)c3)c(C)n2C)cc1OC.Cc1[nH]c(Br)nc1Br.Cc1c(Br)nc(Br)n1C.c1c[nH]cn1. The van der Waals surface area contributed by atoms with Gasteiger partial charge in [-0.1, -0.05) is 11.6 Å². The van der Waals surface area contributed by atoms with Crippen LogP contribution in [0.4, 0.5) is 4.39 Å². The van der Waals surface area contributed by atoms with Gasteiger partial charge in [-0.15, -0.1) is 0 Å².